The van der Waals surface area contributed by atoms with E-state index in [2.05, 4.69) is 26.6 Å². The van der Waals surface area contributed by atoms with Crippen molar-refractivity contribution in [3.63, 3.8) is 0 Å². The molecule has 146 valence electrons. The molecule has 0 unspecified atom stereocenters. The second-order valence-corrected chi connectivity index (χ2v) is 5.63. The molecule has 0 bridgehead atoms. The maximum atomic E-state index is 14.3. The molecule has 0 radical (unpaired) electrons. The first-order valence-electron chi connectivity index (χ1n) is 8.08. The van der Waals surface area contributed by atoms with Crippen molar-refractivity contribution >= 4 is 5.91 Å². The molecule has 0 atom stereocenters. The van der Waals surface area contributed by atoms with Gasteiger partial charge in [-0.2, -0.15) is 18.2 Å². The minimum Gasteiger partial charge on any atom is -0.329 e. The molecule has 1 aromatic carbocycles. The van der Waals surface area contributed by atoms with Gasteiger partial charge in [-0.3, -0.25) is 9.69 Å². The van der Waals surface area contributed by atoms with Crippen LogP contribution in [0.3, 0.4) is 0 Å². The van der Waals surface area contributed by atoms with Crippen molar-refractivity contribution < 1.29 is 26.9 Å². The third-order valence-electron chi connectivity index (χ3n) is 3.74. The van der Waals surface area contributed by atoms with Gasteiger partial charge in [0.2, 0.25) is 5.82 Å². The van der Waals surface area contributed by atoms with Crippen LogP contribution >= 0.6 is 0 Å². The van der Waals surface area contributed by atoms with Gasteiger partial charge in [0.05, 0.1) is 5.56 Å². The Kier molecular flexibility index (Phi) is 6.32. The van der Waals surface area contributed by atoms with Gasteiger partial charge in [-0.15, -0.1) is 0 Å². The molecule has 0 saturated heterocycles. The summed E-state index contributed by atoms with van der Waals surface area (Å²) >= 11 is 0. The quantitative estimate of drug-likeness (QED) is 0.738. The van der Waals surface area contributed by atoms with Crippen LogP contribution in [-0.4, -0.2) is 40.6 Å². The van der Waals surface area contributed by atoms with Crippen LogP contribution < -0.4 is 5.32 Å². The summed E-state index contributed by atoms with van der Waals surface area (Å²) < 4.78 is 55.9. The number of hydrogen-bond donors (Lipinski definition) is 1. The maximum absolute atomic E-state index is 14.3. The van der Waals surface area contributed by atoms with Gasteiger partial charge in [0, 0.05) is 17.8 Å². The zero-order chi connectivity index (χ0) is 20.2. The number of alkyl halides is 3. The minimum absolute atomic E-state index is 0.0507. The molecule has 2 rings (SSSR count). The summed E-state index contributed by atoms with van der Waals surface area (Å²) in [5.74, 6) is -3.61. The molecular formula is C17H18F4N4O2. The molecule has 27 heavy (non-hydrogen) atoms. The molecule has 1 N–H and O–H groups in total. The summed E-state index contributed by atoms with van der Waals surface area (Å²) in [6, 6.07) is 3.23. The average Bonchev–Trinajstić information content (AvgIpc) is 3.09. The normalized spacial score (nSPS) is 11.7. The highest BCUT2D eigenvalue weighted by Gasteiger charge is 2.38. The predicted octanol–water partition coefficient (Wildman–Crippen LogP) is 3.48. The van der Waals surface area contributed by atoms with E-state index in [1.54, 1.807) is 0 Å². The molecule has 1 amide bonds. The number of amides is 1. The third-order valence-corrected chi connectivity index (χ3v) is 3.74. The molecule has 0 aliphatic heterocycles. The van der Waals surface area contributed by atoms with E-state index in [1.165, 1.54) is 6.07 Å². The van der Waals surface area contributed by atoms with Gasteiger partial charge in [0.15, 0.2) is 0 Å². The average molecular weight is 386 g/mol. The van der Waals surface area contributed by atoms with Crippen molar-refractivity contribution in [2.45, 2.75) is 20.0 Å². The fourth-order valence-electron chi connectivity index (χ4n) is 2.28. The summed E-state index contributed by atoms with van der Waals surface area (Å²) in [5, 5.41) is 5.68. The van der Waals surface area contributed by atoms with E-state index in [9.17, 15) is 22.4 Å². The van der Waals surface area contributed by atoms with Crippen molar-refractivity contribution in [3.8, 4) is 11.4 Å². The number of carbonyl (C=O) groups excluding carboxylic acids is 1. The van der Waals surface area contributed by atoms with E-state index in [-0.39, 0.29) is 11.1 Å². The number of carbonyl (C=O) groups is 1. The van der Waals surface area contributed by atoms with E-state index >= 15 is 0 Å². The van der Waals surface area contributed by atoms with Crippen LogP contribution in [0.15, 0.2) is 35.0 Å². The number of benzene rings is 1. The Morgan fingerprint density at radius 1 is 1.30 bits per heavy atom. The Labute approximate surface area is 152 Å². The first kappa shape index (κ1) is 20.6. The molecule has 1 heterocycles. The summed E-state index contributed by atoms with van der Waals surface area (Å²) in [6.07, 6.45) is -4.80. The summed E-state index contributed by atoms with van der Waals surface area (Å²) in [7, 11) is 0. The molecule has 1 aromatic heterocycles. The first-order chi connectivity index (χ1) is 12.7. The Hall–Kier alpha value is -2.75. The molecule has 10 heteroatoms. The number of likely N-dealkylation sites (N-methyl/N-ethyl adjacent to an activating group) is 1. The molecule has 0 fully saturated rings. The Balaban J connectivity index is 2.13. The van der Waals surface area contributed by atoms with E-state index < -0.39 is 29.6 Å². The van der Waals surface area contributed by atoms with Gasteiger partial charge in [0.25, 0.3) is 5.91 Å². The SMILES string of the molecule is C=C(CN(CC)CC)NC(=O)c1ccc(-c2noc(C(F)(F)F)n2)cc1F. The fraction of sp³-hybridized carbons (Fsp3) is 0.353. The van der Waals surface area contributed by atoms with E-state index in [0.717, 1.165) is 25.2 Å². The Bertz CT molecular complexity index is 829. The zero-order valence-electron chi connectivity index (χ0n) is 14.7. The standard InChI is InChI=1S/C17H18F4N4O2/c1-4-25(5-2)9-10(3)22-15(26)12-7-6-11(8-13(12)18)14-23-16(27-24-14)17(19,20)21/h6-8H,3-5,9H2,1-2H3,(H,22,26). The first-order valence-corrected chi connectivity index (χ1v) is 8.08. The predicted molar refractivity (Wildman–Crippen MR) is 89.1 cm³/mol. The Morgan fingerprint density at radius 2 is 1.96 bits per heavy atom. The lowest BCUT2D eigenvalue weighted by atomic mass is 10.1. The van der Waals surface area contributed by atoms with Gasteiger partial charge in [-0.1, -0.05) is 31.6 Å². The molecular weight excluding hydrogens is 368 g/mol. The van der Waals surface area contributed by atoms with Crippen LogP contribution in [-0.2, 0) is 6.18 Å². The topological polar surface area (TPSA) is 71.3 Å². The van der Waals surface area contributed by atoms with Crippen molar-refractivity contribution in [2.75, 3.05) is 19.6 Å². The van der Waals surface area contributed by atoms with Gasteiger partial charge in [0.1, 0.15) is 5.82 Å². The van der Waals surface area contributed by atoms with Gasteiger partial charge in [-0.05, 0) is 25.2 Å². The van der Waals surface area contributed by atoms with Gasteiger partial charge in [-0.25, -0.2) is 4.39 Å². The van der Waals surface area contributed by atoms with Crippen molar-refractivity contribution in [3.05, 3.63) is 47.7 Å². The third kappa shape index (κ3) is 5.13. The van der Waals surface area contributed by atoms with Gasteiger partial charge < -0.3 is 9.84 Å². The molecule has 2 aromatic rings. The molecule has 0 aliphatic rings. The molecule has 0 aliphatic carbocycles. The van der Waals surface area contributed by atoms with Gasteiger partial charge >= 0.3 is 12.1 Å². The van der Waals surface area contributed by atoms with E-state index in [1.807, 2.05) is 18.7 Å². The number of aromatic nitrogens is 2. The number of rotatable bonds is 7. The lowest BCUT2D eigenvalue weighted by Gasteiger charge is -2.19. The van der Waals surface area contributed by atoms with Crippen molar-refractivity contribution in [1.29, 1.82) is 0 Å². The number of nitrogens with zero attached hydrogens (tertiary/aromatic N) is 3. The Morgan fingerprint density at radius 3 is 2.48 bits per heavy atom. The number of nitrogens with one attached hydrogen (secondary N) is 1. The van der Waals surface area contributed by atoms with Crippen molar-refractivity contribution in [2.24, 2.45) is 0 Å². The van der Waals surface area contributed by atoms with Crippen LogP contribution in [0.5, 0.6) is 0 Å². The second kappa shape index (κ2) is 8.30. The van der Waals surface area contributed by atoms with Crippen LogP contribution in [0, 0.1) is 5.82 Å². The maximum Gasteiger partial charge on any atom is 0.471 e. The van der Waals surface area contributed by atoms with Crippen molar-refractivity contribution in [1.82, 2.24) is 20.4 Å². The van der Waals surface area contributed by atoms with E-state index in [4.69, 9.17) is 0 Å². The number of hydrogen-bond acceptors (Lipinski definition) is 5. The lowest BCUT2D eigenvalue weighted by Crippen LogP contribution is -2.32. The highest BCUT2D eigenvalue weighted by Crippen LogP contribution is 2.29. The largest absolute Gasteiger partial charge is 0.471 e. The molecule has 0 saturated carbocycles. The smallest absolute Gasteiger partial charge is 0.329 e. The lowest BCUT2D eigenvalue weighted by molar-refractivity contribution is -0.159. The molecule has 0 spiro atoms. The second-order valence-electron chi connectivity index (χ2n) is 5.63. The number of halogens is 4. The fourth-order valence-corrected chi connectivity index (χ4v) is 2.28. The minimum atomic E-state index is -4.80. The summed E-state index contributed by atoms with van der Waals surface area (Å²) in [4.78, 5) is 17.4. The molecule has 6 nitrogen and oxygen atoms in total. The highest BCUT2D eigenvalue weighted by atomic mass is 19.4. The monoisotopic (exact) mass is 386 g/mol. The zero-order valence-corrected chi connectivity index (χ0v) is 14.7. The summed E-state index contributed by atoms with van der Waals surface area (Å²) in [6.45, 7) is 9.60. The highest BCUT2D eigenvalue weighted by molar-refractivity contribution is 5.96. The van der Waals surface area contributed by atoms with E-state index in [0.29, 0.717) is 12.2 Å². The summed E-state index contributed by atoms with van der Waals surface area (Å²) in [5.41, 5.74) is 0.0735. The van der Waals surface area contributed by atoms with Crippen LogP contribution in [0.1, 0.15) is 30.1 Å². The van der Waals surface area contributed by atoms with Crippen LogP contribution in [0.25, 0.3) is 11.4 Å². The van der Waals surface area contributed by atoms with Crippen LogP contribution in [0.2, 0.25) is 0 Å². The van der Waals surface area contributed by atoms with Crippen LogP contribution in [0.4, 0.5) is 17.6 Å².